The van der Waals surface area contributed by atoms with Gasteiger partial charge in [-0.3, -0.25) is 0 Å². The predicted octanol–water partition coefficient (Wildman–Crippen LogP) is 2.55. The maximum Gasteiger partial charge on any atom is 0.0666 e. The third kappa shape index (κ3) is 7.99. The summed E-state index contributed by atoms with van der Waals surface area (Å²) in [6.07, 6.45) is 1.77. The first-order valence-corrected chi connectivity index (χ1v) is 3.39. The van der Waals surface area contributed by atoms with E-state index in [1.807, 2.05) is 20.8 Å². The molecule has 0 spiro atoms. The average Bonchev–Trinajstić information content (AvgIpc) is 1.63. The zero-order chi connectivity index (χ0) is 7.33. The second-order valence-electron chi connectivity index (χ2n) is 2.79. The monoisotopic (exact) mass is 148 g/mol. The molecule has 0 rings (SSSR count). The van der Waals surface area contributed by atoms with E-state index < -0.39 is 0 Å². The van der Waals surface area contributed by atoms with Gasteiger partial charge in [-0.2, -0.15) is 0 Å². The largest absolute Gasteiger partial charge is 0.372 e. The molecule has 9 heavy (non-hydrogen) atoms. The van der Waals surface area contributed by atoms with E-state index in [2.05, 4.69) is 0 Å². The topological polar surface area (TPSA) is 9.23 Å². The van der Waals surface area contributed by atoms with Crippen molar-refractivity contribution in [3.63, 3.8) is 0 Å². The second kappa shape index (κ2) is 3.91. The molecule has 0 aliphatic rings. The van der Waals surface area contributed by atoms with Crippen LogP contribution in [0.15, 0.2) is 11.6 Å². The highest BCUT2D eigenvalue weighted by Crippen LogP contribution is 2.05. The van der Waals surface area contributed by atoms with E-state index in [1.54, 1.807) is 6.08 Å². The molecule has 2 heteroatoms. The molecule has 0 aliphatic heterocycles. The predicted molar refractivity (Wildman–Crippen MR) is 40.7 cm³/mol. The number of hydrogen-bond donors (Lipinski definition) is 0. The molecule has 54 valence electrons. The highest BCUT2D eigenvalue weighted by atomic mass is 35.5. The number of ether oxygens (including phenoxy) is 1. The fourth-order valence-corrected chi connectivity index (χ4v) is 0.407. The molecule has 0 saturated heterocycles. The van der Waals surface area contributed by atoms with Crippen LogP contribution in [0.2, 0.25) is 0 Å². The molecule has 0 bridgehead atoms. The summed E-state index contributed by atoms with van der Waals surface area (Å²) in [7, 11) is 0. The lowest BCUT2D eigenvalue weighted by atomic mass is 10.2. The smallest absolute Gasteiger partial charge is 0.0666 e. The normalized spacial score (nSPS) is 12.9. The Kier molecular flexibility index (Phi) is 3.91. The lowest BCUT2D eigenvalue weighted by Gasteiger charge is -2.17. The Balaban J connectivity index is 3.28. The summed E-state index contributed by atoms with van der Waals surface area (Å²) in [5, 5.41) is 0. The molecular formula is C7H13ClO. The van der Waals surface area contributed by atoms with Crippen LogP contribution in [0, 0.1) is 0 Å². The van der Waals surface area contributed by atoms with Gasteiger partial charge in [0, 0.05) is 5.54 Å². The number of rotatable bonds is 2. The molecular weight excluding hydrogens is 136 g/mol. The van der Waals surface area contributed by atoms with Crippen LogP contribution in [0.25, 0.3) is 0 Å². The van der Waals surface area contributed by atoms with Gasteiger partial charge >= 0.3 is 0 Å². The van der Waals surface area contributed by atoms with Crippen molar-refractivity contribution in [2.75, 3.05) is 6.61 Å². The number of halogens is 1. The molecule has 0 atom stereocenters. The summed E-state index contributed by atoms with van der Waals surface area (Å²) in [6.45, 7) is 6.62. The molecule has 0 heterocycles. The fraction of sp³-hybridized carbons (Fsp3) is 0.714. The quantitative estimate of drug-likeness (QED) is 0.585. The van der Waals surface area contributed by atoms with Gasteiger partial charge in [0.15, 0.2) is 0 Å². The Morgan fingerprint density at radius 3 is 2.33 bits per heavy atom. The first-order valence-electron chi connectivity index (χ1n) is 2.95. The van der Waals surface area contributed by atoms with E-state index >= 15 is 0 Å². The van der Waals surface area contributed by atoms with Gasteiger partial charge in [-0.15, -0.1) is 0 Å². The molecule has 0 fully saturated rings. The second-order valence-corrected chi connectivity index (χ2v) is 3.04. The van der Waals surface area contributed by atoms with Crippen molar-refractivity contribution in [1.29, 1.82) is 0 Å². The van der Waals surface area contributed by atoms with Crippen LogP contribution < -0.4 is 0 Å². The lowest BCUT2D eigenvalue weighted by Crippen LogP contribution is -2.18. The van der Waals surface area contributed by atoms with Gasteiger partial charge in [0.1, 0.15) is 0 Å². The minimum absolute atomic E-state index is 0.0591. The SMILES string of the molecule is CC(C)(C)OC/C=C/Cl. The van der Waals surface area contributed by atoms with Crippen molar-refractivity contribution in [2.24, 2.45) is 0 Å². The molecule has 0 saturated carbocycles. The molecule has 0 radical (unpaired) electrons. The van der Waals surface area contributed by atoms with Crippen LogP contribution in [-0.4, -0.2) is 12.2 Å². The molecule has 0 N–H and O–H groups in total. The van der Waals surface area contributed by atoms with Gasteiger partial charge in [-0.25, -0.2) is 0 Å². The third-order valence-electron chi connectivity index (χ3n) is 0.702. The molecule has 1 nitrogen and oxygen atoms in total. The van der Waals surface area contributed by atoms with Gasteiger partial charge in [0.05, 0.1) is 12.2 Å². The summed E-state index contributed by atoms with van der Waals surface area (Å²) in [5.74, 6) is 0. The highest BCUT2D eigenvalue weighted by molar-refractivity contribution is 6.25. The van der Waals surface area contributed by atoms with E-state index in [9.17, 15) is 0 Å². The van der Waals surface area contributed by atoms with Crippen molar-refractivity contribution in [3.8, 4) is 0 Å². The van der Waals surface area contributed by atoms with E-state index in [0.29, 0.717) is 6.61 Å². The maximum atomic E-state index is 5.30. The Labute approximate surface area is 61.7 Å². The molecule has 0 unspecified atom stereocenters. The highest BCUT2D eigenvalue weighted by Gasteiger charge is 2.07. The van der Waals surface area contributed by atoms with E-state index in [-0.39, 0.29) is 5.60 Å². The first kappa shape index (κ1) is 8.99. The van der Waals surface area contributed by atoms with E-state index in [4.69, 9.17) is 16.3 Å². The van der Waals surface area contributed by atoms with Gasteiger partial charge < -0.3 is 4.74 Å². The minimum atomic E-state index is -0.0591. The van der Waals surface area contributed by atoms with Gasteiger partial charge in [0.2, 0.25) is 0 Å². The first-order chi connectivity index (χ1) is 4.06. The van der Waals surface area contributed by atoms with Gasteiger partial charge in [0.25, 0.3) is 0 Å². The van der Waals surface area contributed by atoms with Crippen molar-refractivity contribution in [3.05, 3.63) is 11.6 Å². The molecule has 0 aliphatic carbocycles. The van der Waals surface area contributed by atoms with E-state index in [0.717, 1.165) is 0 Å². The zero-order valence-electron chi connectivity index (χ0n) is 6.15. The van der Waals surface area contributed by atoms with Crippen LogP contribution >= 0.6 is 11.6 Å². The van der Waals surface area contributed by atoms with Crippen molar-refractivity contribution >= 4 is 11.6 Å². The maximum absolute atomic E-state index is 5.30. The Bertz CT molecular complexity index is 91.6. The summed E-state index contributed by atoms with van der Waals surface area (Å²) in [5.41, 5.74) is 1.40. The van der Waals surface area contributed by atoms with Crippen LogP contribution in [-0.2, 0) is 4.74 Å². The zero-order valence-corrected chi connectivity index (χ0v) is 6.90. The standard InChI is InChI=1S/C7H13ClO/c1-7(2,3)9-6-4-5-8/h4-5H,6H2,1-3H3/b5-4+. The van der Waals surface area contributed by atoms with Crippen molar-refractivity contribution < 1.29 is 4.74 Å². The average molecular weight is 149 g/mol. The van der Waals surface area contributed by atoms with Crippen LogP contribution in [0.1, 0.15) is 20.8 Å². The van der Waals surface area contributed by atoms with Crippen LogP contribution in [0.3, 0.4) is 0 Å². The van der Waals surface area contributed by atoms with Gasteiger partial charge in [-0.05, 0) is 26.8 Å². The van der Waals surface area contributed by atoms with Crippen molar-refractivity contribution in [1.82, 2.24) is 0 Å². The summed E-state index contributed by atoms with van der Waals surface area (Å²) in [4.78, 5) is 0. The summed E-state index contributed by atoms with van der Waals surface area (Å²) in [6, 6.07) is 0. The summed E-state index contributed by atoms with van der Waals surface area (Å²) < 4.78 is 5.30. The molecule has 0 aromatic heterocycles. The fourth-order valence-electron chi connectivity index (χ4n) is 0.334. The van der Waals surface area contributed by atoms with Crippen LogP contribution in [0.4, 0.5) is 0 Å². The Hall–Kier alpha value is -0.0100. The van der Waals surface area contributed by atoms with Gasteiger partial charge in [-0.1, -0.05) is 11.6 Å². The Morgan fingerprint density at radius 2 is 2.00 bits per heavy atom. The molecule has 0 aromatic carbocycles. The number of hydrogen-bond acceptors (Lipinski definition) is 1. The van der Waals surface area contributed by atoms with Crippen LogP contribution in [0.5, 0.6) is 0 Å². The summed E-state index contributed by atoms with van der Waals surface area (Å²) >= 11 is 5.27. The lowest BCUT2D eigenvalue weighted by molar-refractivity contribution is 0.0150. The van der Waals surface area contributed by atoms with Crippen molar-refractivity contribution in [2.45, 2.75) is 26.4 Å². The molecule has 0 aromatic rings. The minimum Gasteiger partial charge on any atom is -0.372 e. The Morgan fingerprint density at radius 1 is 1.44 bits per heavy atom. The van der Waals surface area contributed by atoms with E-state index in [1.165, 1.54) is 5.54 Å². The molecule has 0 amide bonds. The third-order valence-corrected chi connectivity index (χ3v) is 0.880.